The van der Waals surface area contributed by atoms with Crippen molar-refractivity contribution in [2.45, 2.75) is 39.1 Å². The Balaban J connectivity index is 1.72. The van der Waals surface area contributed by atoms with Crippen LogP contribution in [0.1, 0.15) is 35.5 Å². The van der Waals surface area contributed by atoms with Gasteiger partial charge in [0.1, 0.15) is 17.1 Å². The molecular formula is C19H23N3O6S3. The van der Waals surface area contributed by atoms with E-state index < -0.39 is 30.2 Å². The highest BCUT2D eigenvalue weighted by Gasteiger charge is 2.52. The van der Waals surface area contributed by atoms with Gasteiger partial charge in [0.2, 0.25) is 17.8 Å². The maximum Gasteiger partial charge on any atom is 0.357 e. The summed E-state index contributed by atoms with van der Waals surface area (Å²) in [6.07, 6.45) is 1.63. The first-order valence-electron chi connectivity index (χ1n) is 9.37. The van der Waals surface area contributed by atoms with Crippen molar-refractivity contribution in [1.82, 2.24) is 9.88 Å². The van der Waals surface area contributed by atoms with Gasteiger partial charge in [0.05, 0.1) is 5.41 Å². The van der Waals surface area contributed by atoms with Crippen LogP contribution in [-0.2, 0) is 23.9 Å². The molecule has 0 radical (unpaired) electrons. The number of carbonyl (C=O) groups is 4. The zero-order chi connectivity index (χ0) is 22.9. The maximum atomic E-state index is 12.8. The van der Waals surface area contributed by atoms with Gasteiger partial charge in [-0.15, -0.1) is 23.1 Å². The van der Waals surface area contributed by atoms with Gasteiger partial charge in [-0.25, -0.2) is 9.78 Å². The molecule has 0 saturated carbocycles. The highest BCUT2D eigenvalue weighted by molar-refractivity contribution is 8.14. The Labute approximate surface area is 192 Å². The van der Waals surface area contributed by atoms with Gasteiger partial charge in [-0.3, -0.25) is 19.3 Å². The number of hydrogen-bond acceptors (Lipinski definition) is 11. The number of nitrogens with zero attached hydrogens (tertiary/aromatic N) is 2. The van der Waals surface area contributed by atoms with E-state index in [1.807, 2.05) is 6.92 Å². The SMILES string of the molecule is Cc1cnc(C(=O)SCC2=C(C(=O)OCOC(=O)C(C)(C)C)N3C(=O)C(N)[C@H]3SC2)s1. The van der Waals surface area contributed by atoms with Gasteiger partial charge >= 0.3 is 11.9 Å². The second-order valence-corrected chi connectivity index (χ2v) is 11.3. The summed E-state index contributed by atoms with van der Waals surface area (Å²) < 4.78 is 10.1. The van der Waals surface area contributed by atoms with E-state index >= 15 is 0 Å². The number of β-lactam (4-membered cyclic amide) rings is 1. The van der Waals surface area contributed by atoms with Crippen LogP contribution in [0.4, 0.5) is 0 Å². The molecule has 1 aromatic heterocycles. The molecule has 0 aliphatic carbocycles. The fraction of sp³-hybridized carbons (Fsp3) is 0.526. The molecule has 3 heterocycles. The van der Waals surface area contributed by atoms with Crippen molar-refractivity contribution in [3.8, 4) is 0 Å². The van der Waals surface area contributed by atoms with Crippen molar-refractivity contribution in [3.63, 3.8) is 0 Å². The first-order valence-corrected chi connectivity index (χ1v) is 12.2. The molecule has 0 bridgehead atoms. The zero-order valence-electron chi connectivity index (χ0n) is 17.5. The number of fused-ring (bicyclic) bond motifs is 1. The maximum absolute atomic E-state index is 12.8. The van der Waals surface area contributed by atoms with E-state index in [9.17, 15) is 19.2 Å². The standard InChI is InChI=1S/C19H23N3O6S3/c1-9-5-21-13(31-9)17(25)30-7-10-6-29-15-11(20)14(23)22(15)12(10)16(24)27-8-28-18(26)19(2,3)4/h5,11,15H,6-8,20H2,1-4H3/t11?,15-/m1/s1. The van der Waals surface area contributed by atoms with Crippen LogP contribution in [0, 0.1) is 12.3 Å². The molecule has 2 aliphatic rings. The minimum absolute atomic E-state index is 0.0675. The topological polar surface area (TPSA) is 129 Å². The highest BCUT2D eigenvalue weighted by Crippen LogP contribution is 2.40. The van der Waals surface area contributed by atoms with Gasteiger partial charge in [0.25, 0.3) is 0 Å². The molecule has 0 spiro atoms. The third kappa shape index (κ3) is 5.13. The van der Waals surface area contributed by atoms with E-state index in [1.165, 1.54) is 28.0 Å². The summed E-state index contributed by atoms with van der Waals surface area (Å²) in [6, 6.07) is -0.694. The molecular weight excluding hydrogens is 462 g/mol. The number of esters is 2. The van der Waals surface area contributed by atoms with Gasteiger partial charge in [-0.1, -0.05) is 11.8 Å². The zero-order valence-corrected chi connectivity index (χ0v) is 19.9. The number of thioether (sulfide) groups is 2. The van der Waals surface area contributed by atoms with Crippen molar-refractivity contribution in [2.24, 2.45) is 11.1 Å². The molecule has 168 valence electrons. The van der Waals surface area contributed by atoms with Crippen molar-refractivity contribution in [3.05, 3.63) is 27.4 Å². The Morgan fingerprint density at radius 1 is 1.32 bits per heavy atom. The molecule has 1 aromatic rings. The average Bonchev–Trinajstić information content (AvgIpc) is 3.16. The second kappa shape index (κ2) is 9.31. The number of carbonyl (C=O) groups excluding carboxylic acids is 4. The first kappa shape index (κ1) is 23.8. The molecule has 1 amide bonds. The monoisotopic (exact) mass is 485 g/mol. The lowest BCUT2D eigenvalue weighted by molar-refractivity contribution is -0.173. The third-order valence-electron chi connectivity index (χ3n) is 4.45. The van der Waals surface area contributed by atoms with Crippen molar-refractivity contribution in [2.75, 3.05) is 18.3 Å². The Bertz CT molecular complexity index is 952. The molecule has 12 heteroatoms. The van der Waals surface area contributed by atoms with Crippen LogP contribution >= 0.6 is 34.9 Å². The Morgan fingerprint density at radius 3 is 2.65 bits per heavy atom. The Kier molecular flexibility index (Phi) is 7.14. The summed E-state index contributed by atoms with van der Waals surface area (Å²) in [6.45, 7) is 6.33. The van der Waals surface area contributed by atoms with Gasteiger partial charge in [-0.05, 0) is 33.3 Å². The van der Waals surface area contributed by atoms with Crippen molar-refractivity contribution >= 4 is 57.8 Å². The number of amides is 1. The van der Waals surface area contributed by atoms with Crippen LogP contribution < -0.4 is 5.73 Å². The molecule has 2 atom stereocenters. The summed E-state index contributed by atoms with van der Waals surface area (Å²) in [5.41, 5.74) is 5.76. The molecule has 1 saturated heterocycles. The van der Waals surface area contributed by atoms with E-state index in [1.54, 1.807) is 27.0 Å². The number of nitrogens with two attached hydrogens (primary N) is 1. The molecule has 1 fully saturated rings. The quantitative estimate of drug-likeness (QED) is 0.362. The molecule has 9 nitrogen and oxygen atoms in total. The molecule has 3 rings (SSSR count). The number of aromatic nitrogens is 1. The van der Waals surface area contributed by atoms with Crippen LogP contribution in [-0.4, -0.2) is 62.6 Å². The summed E-state index contributed by atoms with van der Waals surface area (Å²) in [4.78, 5) is 55.7. The number of hydrogen-bond donors (Lipinski definition) is 1. The lowest BCUT2D eigenvalue weighted by Crippen LogP contribution is -2.68. The van der Waals surface area contributed by atoms with E-state index in [0.717, 1.165) is 16.6 Å². The number of rotatable bonds is 6. The van der Waals surface area contributed by atoms with Gasteiger partial charge in [-0.2, -0.15) is 0 Å². The number of aryl methyl sites for hydroxylation is 1. The first-order chi connectivity index (χ1) is 14.5. The smallest absolute Gasteiger partial charge is 0.357 e. The third-order valence-corrected chi connectivity index (χ3v) is 7.80. The van der Waals surface area contributed by atoms with Gasteiger partial charge in [0, 0.05) is 22.6 Å². The summed E-state index contributed by atoms with van der Waals surface area (Å²) >= 11 is 3.73. The van der Waals surface area contributed by atoms with Crippen LogP contribution in [0.25, 0.3) is 0 Å². The van der Waals surface area contributed by atoms with Crippen molar-refractivity contribution < 1.29 is 28.7 Å². The molecule has 31 heavy (non-hydrogen) atoms. The van der Waals surface area contributed by atoms with E-state index in [2.05, 4.69) is 4.98 Å². The van der Waals surface area contributed by atoms with E-state index in [-0.39, 0.29) is 27.8 Å². The minimum atomic E-state index is -0.791. The van der Waals surface area contributed by atoms with Crippen LogP contribution in [0.15, 0.2) is 17.5 Å². The van der Waals surface area contributed by atoms with E-state index in [0.29, 0.717) is 16.3 Å². The molecule has 1 unspecified atom stereocenters. The number of thiazole rings is 1. The second-order valence-electron chi connectivity index (χ2n) is 7.97. The van der Waals surface area contributed by atoms with Crippen LogP contribution in [0.5, 0.6) is 0 Å². The largest absolute Gasteiger partial charge is 0.427 e. The predicted octanol–water partition coefficient (Wildman–Crippen LogP) is 1.91. The molecule has 0 aromatic carbocycles. The lowest BCUT2D eigenvalue weighted by atomic mass is 9.98. The van der Waals surface area contributed by atoms with Crippen molar-refractivity contribution in [1.29, 1.82) is 0 Å². The Morgan fingerprint density at radius 2 is 2.03 bits per heavy atom. The average molecular weight is 486 g/mol. The van der Waals surface area contributed by atoms with E-state index in [4.69, 9.17) is 15.2 Å². The summed E-state index contributed by atoms with van der Waals surface area (Å²) in [7, 11) is 0. The van der Waals surface area contributed by atoms with Crippen LogP contribution in [0.2, 0.25) is 0 Å². The Hall–Kier alpha value is -1.89. The lowest BCUT2D eigenvalue weighted by Gasteiger charge is -2.48. The summed E-state index contributed by atoms with van der Waals surface area (Å²) in [5.74, 6) is -1.08. The molecule has 2 N–H and O–H groups in total. The predicted molar refractivity (Wildman–Crippen MR) is 118 cm³/mol. The summed E-state index contributed by atoms with van der Waals surface area (Å²) in [5, 5.41) is -0.195. The van der Waals surface area contributed by atoms with Gasteiger partial charge < -0.3 is 15.2 Å². The minimum Gasteiger partial charge on any atom is -0.427 e. The highest BCUT2D eigenvalue weighted by atomic mass is 32.2. The molecule has 2 aliphatic heterocycles. The normalized spacial score (nSPS) is 20.8. The van der Waals surface area contributed by atoms with Crippen LogP contribution in [0.3, 0.4) is 0 Å². The van der Waals surface area contributed by atoms with Gasteiger partial charge in [0.15, 0.2) is 5.01 Å². The fourth-order valence-corrected chi connectivity index (χ4v) is 5.81. The number of ether oxygens (including phenoxy) is 2. The fourth-order valence-electron chi connectivity index (χ4n) is 2.76.